The van der Waals surface area contributed by atoms with Crippen molar-refractivity contribution in [2.75, 3.05) is 11.0 Å². The van der Waals surface area contributed by atoms with Crippen molar-refractivity contribution in [3.05, 3.63) is 18.0 Å². The van der Waals surface area contributed by atoms with E-state index in [9.17, 15) is 0 Å². The van der Waals surface area contributed by atoms with Crippen LogP contribution < -0.4 is 5.32 Å². The summed E-state index contributed by atoms with van der Waals surface area (Å²) >= 11 is 2.42. The lowest BCUT2D eigenvalue weighted by Gasteiger charge is -2.04. The van der Waals surface area contributed by atoms with Gasteiger partial charge < -0.3 is 5.32 Å². The average molecular weight is 321 g/mol. The number of alkyl halides is 1. The Morgan fingerprint density at radius 1 is 1.47 bits per heavy atom. The quantitative estimate of drug-likeness (QED) is 0.475. The van der Waals surface area contributed by atoms with Gasteiger partial charge in [-0.25, -0.2) is 0 Å². The first-order chi connectivity index (χ1) is 7.24. The molecule has 86 valence electrons. The SMILES string of the molecule is CC(C)n1ccc(CNCCCCI)n1. The summed E-state index contributed by atoms with van der Waals surface area (Å²) in [6, 6.07) is 2.54. The van der Waals surface area contributed by atoms with E-state index in [2.05, 4.69) is 52.9 Å². The summed E-state index contributed by atoms with van der Waals surface area (Å²) in [4.78, 5) is 0. The molecule has 3 nitrogen and oxygen atoms in total. The fraction of sp³-hybridized carbons (Fsp3) is 0.727. The van der Waals surface area contributed by atoms with Crippen LogP contribution in [0, 0.1) is 0 Å². The van der Waals surface area contributed by atoms with Gasteiger partial charge in [0.2, 0.25) is 0 Å². The van der Waals surface area contributed by atoms with E-state index in [1.807, 2.05) is 10.9 Å². The number of nitrogens with zero attached hydrogens (tertiary/aromatic N) is 2. The topological polar surface area (TPSA) is 29.9 Å². The highest BCUT2D eigenvalue weighted by Gasteiger charge is 2.00. The Bertz CT molecular complexity index is 271. The normalized spacial score (nSPS) is 11.2. The van der Waals surface area contributed by atoms with Crippen molar-refractivity contribution in [3.63, 3.8) is 0 Å². The number of nitrogens with one attached hydrogen (secondary N) is 1. The molecule has 0 saturated heterocycles. The molecule has 0 aliphatic rings. The Hall–Kier alpha value is -0.100. The number of rotatable bonds is 7. The second kappa shape index (κ2) is 7.22. The zero-order valence-corrected chi connectivity index (χ0v) is 11.7. The second-order valence-corrected chi connectivity index (χ2v) is 5.03. The van der Waals surface area contributed by atoms with Crippen LogP contribution in [0.2, 0.25) is 0 Å². The number of halogens is 1. The van der Waals surface area contributed by atoms with E-state index in [1.165, 1.54) is 17.3 Å². The van der Waals surface area contributed by atoms with E-state index in [4.69, 9.17) is 0 Å². The van der Waals surface area contributed by atoms with Crippen LogP contribution in [0.4, 0.5) is 0 Å². The number of aromatic nitrogens is 2. The monoisotopic (exact) mass is 321 g/mol. The van der Waals surface area contributed by atoms with Gasteiger partial charge >= 0.3 is 0 Å². The molecule has 0 aliphatic carbocycles. The molecule has 1 heterocycles. The van der Waals surface area contributed by atoms with E-state index in [-0.39, 0.29) is 0 Å². The summed E-state index contributed by atoms with van der Waals surface area (Å²) < 4.78 is 3.25. The maximum absolute atomic E-state index is 4.48. The minimum absolute atomic E-state index is 0.456. The van der Waals surface area contributed by atoms with Crippen LogP contribution >= 0.6 is 22.6 Å². The first-order valence-corrected chi connectivity index (χ1v) is 7.07. The molecule has 1 N–H and O–H groups in total. The van der Waals surface area contributed by atoms with E-state index < -0.39 is 0 Å². The van der Waals surface area contributed by atoms with Gasteiger partial charge in [0.25, 0.3) is 0 Å². The minimum atomic E-state index is 0.456. The van der Waals surface area contributed by atoms with Crippen molar-refractivity contribution in [2.45, 2.75) is 39.3 Å². The van der Waals surface area contributed by atoms with Crippen molar-refractivity contribution in [2.24, 2.45) is 0 Å². The lowest BCUT2D eigenvalue weighted by atomic mass is 10.3. The highest BCUT2D eigenvalue weighted by atomic mass is 127. The van der Waals surface area contributed by atoms with Crippen molar-refractivity contribution < 1.29 is 0 Å². The van der Waals surface area contributed by atoms with Gasteiger partial charge in [0.1, 0.15) is 0 Å². The predicted molar refractivity (Wildman–Crippen MR) is 72.4 cm³/mol. The van der Waals surface area contributed by atoms with Gasteiger partial charge in [0, 0.05) is 18.8 Å². The third-order valence-corrected chi connectivity index (χ3v) is 3.00. The van der Waals surface area contributed by atoms with Gasteiger partial charge in [-0.15, -0.1) is 0 Å². The molecule has 1 aromatic rings. The summed E-state index contributed by atoms with van der Waals surface area (Å²) in [7, 11) is 0. The van der Waals surface area contributed by atoms with Crippen LogP contribution in [0.5, 0.6) is 0 Å². The third-order valence-electron chi connectivity index (χ3n) is 2.24. The Kier molecular flexibility index (Phi) is 6.24. The van der Waals surface area contributed by atoms with E-state index >= 15 is 0 Å². The maximum atomic E-state index is 4.48. The standard InChI is InChI=1S/C11H20IN3/c1-10(2)15-8-5-11(14-15)9-13-7-4-3-6-12/h5,8,10,13H,3-4,6-7,9H2,1-2H3. The van der Waals surface area contributed by atoms with Gasteiger partial charge in [-0.05, 0) is 43.7 Å². The Morgan fingerprint density at radius 3 is 2.87 bits per heavy atom. The fourth-order valence-corrected chi connectivity index (χ4v) is 1.86. The van der Waals surface area contributed by atoms with Crippen molar-refractivity contribution >= 4 is 22.6 Å². The van der Waals surface area contributed by atoms with Crippen LogP contribution in [0.1, 0.15) is 38.4 Å². The third kappa shape index (κ3) is 4.97. The Labute approximate surface area is 106 Å². The van der Waals surface area contributed by atoms with Gasteiger partial charge in [0.05, 0.1) is 5.69 Å². The lowest BCUT2D eigenvalue weighted by Crippen LogP contribution is -2.15. The molecule has 0 atom stereocenters. The molecule has 0 spiro atoms. The Morgan fingerprint density at radius 2 is 2.27 bits per heavy atom. The molecule has 1 rings (SSSR count). The molecule has 0 aromatic carbocycles. The van der Waals surface area contributed by atoms with Crippen molar-refractivity contribution in [1.82, 2.24) is 15.1 Å². The van der Waals surface area contributed by atoms with Crippen molar-refractivity contribution in [3.8, 4) is 0 Å². The highest BCUT2D eigenvalue weighted by molar-refractivity contribution is 14.1. The fourth-order valence-electron chi connectivity index (χ4n) is 1.32. The molecule has 0 fully saturated rings. The summed E-state index contributed by atoms with van der Waals surface area (Å²) in [5, 5.41) is 7.89. The zero-order chi connectivity index (χ0) is 11.1. The van der Waals surface area contributed by atoms with E-state index in [0.717, 1.165) is 18.8 Å². The first-order valence-electron chi connectivity index (χ1n) is 5.54. The molecule has 0 amide bonds. The van der Waals surface area contributed by atoms with Crippen LogP contribution in [0.3, 0.4) is 0 Å². The molecular weight excluding hydrogens is 301 g/mol. The van der Waals surface area contributed by atoms with Gasteiger partial charge in [-0.3, -0.25) is 4.68 Å². The van der Waals surface area contributed by atoms with Gasteiger partial charge in [-0.1, -0.05) is 22.6 Å². The smallest absolute Gasteiger partial charge is 0.0762 e. The molecule has 4 heteroatoms. The minimum Gasteiger partial charge on any atom is -0.311 e. The maximum Gasteiger partial charge on any atom is 0.0762 e. The van der Waals surface area contributed by atoms with Gasteiger partial charge in [-0.2, -0.15) is 5.10 Å². The van der Waals surface area contributed by atoms with Crippen LogP contribution in [-0.2, 0) is 6.54 Å². The number of unbranched alkanes of at least 4 members (excludes halogenated alkanes) is 1. The predicted octanol–water partition coefficient (Wildman–Crippen LogP) is 2.77. The second-order valence-electron chi connectivity index (χ2n) is 3.95. The molecule has 15 heavy (non-hydrogen) atoms. The zero-order valence-electron chi connectivity index (χ0n) is 9.54. The average Bonchev–Trinajstić information content (AvgIpc) is 2.66. The molecule has 0 radical (unpaired) electrons. The van der Waals surface area contributed by atoms with Crippen LogP contribution in [0.15, 0.2) is 12.3 Å². The number of hydrogen-bond acceptors (Lipinski definition) is 2. The van der Waals surface area contributed by atoms with E-state index in [0.29, 0.717) is 6.04 Å². The van der Waals surface area contributed by atoms with Crippen LogP contribution in [0.25, 0.3) is 0 Å². The molecular formula is C11H20IN3. The first kappa shape index (κ1) is 13.0. The summed E-state index contributed by atoms with van der Waals surface area (Å²) in [6.07, 6.45) is 4.61. The molecule has 1 aromatic heterocycles. The molecule has 0 bridgehead atoms. The number of hydrogen-bond donors (Lipinski definition) is 1. The molecule has 0 saturated carbocycles. The van der Waals surface area contributed by atoms with Crippen LogP contribution in [-0.4, -0.2) is 20.8 Å². The molecule has 0 unspecified atom stereocenters. The highest BCUT2D eigenvalue weighted by Crippen LogP contribution is 2.03. The van der Waals surface area contributed by atoms with E-state index in [1.54, 1.807) is 0 Å². The molecule has 0 aliphatic heterocycles. The summed E-state index contributed by atoms with van der Waals surface area (Å²) in [5.41, 5.74) is 1.14. The Balaban J connectivity index is 2.20. The van der Waals surface area contributed by atoms with Gasteiger partial charge in [0.15, 0.2) is 0 Å². The lowest BCUT2D eigenvalue weighted by molar-refractivity contribution is 0.520. The van der Waals surface area contributed by atoms with Crippen molar-refractivity contribution in [1.29, 1.82) is 0 Å². The largest absolute Gasteiger partial charge is 0.311 e. The summed E-state index contributed by atoms with van der Waals surface area (Å²) in [5.74, 6) is 0. The summed E-state index contributed by atoms with van der Waals surface area (Å²) in [6.45, 7) is 6.27.